The first-order valence-electron chi connectivity index (χ1n) is 4.01. The number of hydrogen-bond donors (Lipinski definition) is 0. The van der Waals surface area contributed by atoms with E-state index in [2.05, 4.69) is 23.2 Å². The molecule has 1 heterocycles. The summed E-state index contributed by atoms with van der Waals surface area (Å²) >= 11 is 1.50. The highest BCUT2D eigenvalue weighted by Gasteiger charge is 2.11. The van der Waals surface area contributed by atoms with E-state index in [1.165, 1.54) is 22.9 Å². The minimum atomic E-state index is 0.568. The SMILES string of the molecule is Cc1ccc2c(c1)N=C(C#N)SC2. The van der Waals surface area contributed by atoms with Crippen molar-refractivity contribution < 1.29 is 0 Å². The Morgan fingerprint density at radius 2 is 2.38 bits per heavy atom. The molecule has 0 aliphatic carbocycles. The van der Waals surface area contributed by atoms with Crippen LogP contribution in [0.15, 0.2) is 23.2 Å². The van der Waals surface area contributed by atoms with Gasteiger partial charge in [0.1, 0.15) is 6.07 Å². The van der Waals surface area contributed by atoms with Crippen LogP contribution < -0.4 is 0 Å². The van der Waals surface area contributed by atoms with Crippen LogP contribution in [0.2, 0.25) is 0 Å². The average Bonchev–Trinajstić information content (AvgIpc) is 2.16. The third kappa shape index (κ3) is 1.58. The molecule has 0 atom stereocenters. The average molecular weight is 188 g/mol. The molecule has 1 aromatic carbocycles. The summed E-state index contributed by atoms with van der Waals surface area (Å²) in [4.78, 5) is 4.24. The zero-order valence-corrected chi connectivity index (χ0v) is 8.06. The molecule has 0 aromatic heterocycles. The maximum absolute atomic E-state index is 8.68. The number of hydrogen-bond acceptors (Lipinski definition) is 3. The van der Waals surface area contributed by atoms with E-state index in [0.29, 0.717) is 5.04 Å². The van der Waals surface area contributed by atoms with E-state index in [-0.39, 0.29) is 0 Å². The first-order valence-corrected chi connectivity index (χ1v) is 4.99. The molecule has 3 heteroatoms. The number of benzene rings is 1. The first-order chi connectivity index (χ1) is 6.29. The summed E-state index contributed by atoms with van der Waals surface area (Å²) < 4.78 is 0. The quantitative estimate of drug-likeness (QED) is 0.627. The third-order valence-electron chi connectivity index (χ3n) is 1.92. The predicted molar refractivity (Wildman–Crippen MR) is 55.2 cm³/mol. The Bertz CT molecular complexity index is 415. The predicted octanol–water partition coefficient (Wildman–Crippen LogP) is 2.80. The maximum Gasteiger partial charge on any atom is 0.174 e. The van der Waals surface area contributed by atoms with E-state index in [1.54, 1.807) is 0 Å². The van der Waals surface area contributed by atoms with Crippen LogP contribution in [0.4, 0.5) is 5.69 Å². The number of fused-ring (bicyclic) bond motifs is 1. The number of nitriles is 1. The van der Waals surface area contributed by atoms with Crippen LogP contribution in [0.5, 0.6) is 0 Å². The molecule has 1 aromatic rings. The molecule has 1 aliphatic heterocycles. The second kappa shape index (κ2) is 3.23. The molecule has 2 rings (SSSR count). The first kappa shape index (κ1) is 8.33. The molecule has 0 fully saturated rings. The third-order valence-corrected chi connectivity index (χ3v) is 2.83. The van der Waals surface area contributed by atoms with Gasteiger partial charge in [0.2, 0.25) is 0 Å². The number of aryl methyl sites for hydroxylation is 1. The lowest BCUT2D eigenvalue weighted by molar-refractivity contribution is 1.32. The van der Waals surface area contributed by atoms with Gasteiger partial charge in [0.15, 0.2) is 5.04 Å². The van der Waals surface area contributed by atoms with Gasteiger partial charge in [0.25, 0.3) is 0 Å². The lowest BCUT2D eigenvalue weighted by Gasteiger charge is -2.11. The summed E-state index contributed by atoms with van der Waals surface area (Å²) in [7, 11) is 0. The fourth-order valence-electron chi connectivity index (χ4n) is 1.25. The fourth-order valence-corrected chi connectivity index (χ4v) is 2.01. The fraction of sp³-hybridized carbons (Fsp3) is 0.200. The lowest BCUT2D eigenvalue weighted by Crippen LogP contribution is -1.96. The molecule has 0 saturated heterocycles. The molecule has 0 N–H and O–H groups in total. The van der Waals surface area contributed by atoms with Gasteiger partial charge in [-0.05, 0) is 24.1 Å². The van der Waals surface area contributed by atoms with Crippen LogP contribution in [0, 0.1) is 18.3 Å². The van der Waals surface area contributed by atoms with Crippen molar-refractivity contribution in [2.24, 2.45) is 4.99 Å². The van der Waals surface area contributed by atoms with Crippen molar-refractivity contribution in [2.75, 3.05) is 0 Å². The Hall–Kier alpha value is -1.27. The monoisotopic (exact) mass is 188 g/mol. The molecule has 0 saturated carbocycles. The smallest absolute Gasteiger partial charge is 0.174 e. The summed E-state index contributed by atoms with van der Waals surface area (Å²) in [6.45, 7) is 2.03. The Balaban J connectivity index is 2.51. The van der Waals surface area contributed by atoms with Gasteiger partial charge in [-0.3, -0.25) is 0 Å². The van der Waals surface area contributed by atoms with Gasteiger partial charge in [-0.2, -0.15) is 5.26 Å². The Morgan fingerprint density at radius 3 is 3.15 bits per heavy atom. The number of nitrogens with zero attached hydrogens (tertiary/aromatic N) is 2. The van der Waals surface area contributed by atoms with Gasteiger partial charge in [-0.25, -0.2) is 4.99 Å². The van der Waals surface area contributed by atoms with E-state index < -0.39 is 0 Å². The van der Waals surface area contributed by atoms with Crippen molar-refractivity contribution in [3.63, 3.8) is 0 Å². The van der Waals surface area contributed by atoms with E-state index in [0.717, 1.165) is 11.4 Å². The van der Waals surface area contributed by atoms with Crippen LogP contribution in [-0.4, -0.2) is 5.04 Å². The van der Waals surface area contributed by atoms with Crippen LogP contribution in [0.3, 0.4) is 0 Å². The van der Waals surface area contributed by atoms with Gasteiger partial charge in [-0.15, -0.1) is 0 Å². The summed E-state index contributed by atoms with van der Waals surface area (Å²) in [6.07, 6.45) is 0. The molecule has 1 aliphatic rings. The molecule has 0 bridgehead atoms. The zero-order chi connectivity index (χ0) is 9.26. The van der Waals surface area contributed by atoms with Crippen LogP contribution in [-0.2, 0) is 5.75 Å². The van der Waals surface area contributed by atoms with Crippen molar-refractivity contribution in [1.29, 1.82) is 5.26 Å². The van der Waals surface area contributed by atoms with Crippen molar-refractivity contribution in [3.05, 3.63) is 29.3 Å². The van der Waals surface area contributed by atoms with Crippen LogP contribution in [0.1, 0.15) is 11.1 Å². The highest BCUT2D eigenvalue weighted by molar-refractivity contribution is 8.13. The van der Waals surface area contributed by atoms with Gasteiger partial charge >= 0.3 is 0 Å². The molecule has 0 unspecified atom stereocenters. The van der Waals surface area contributed by atoms with E-state index in [9.17, 15) is 0 Å². The summed E-state index contributed by atoms with van der Waals surface area (Å²) in [5.41, 5.74) is 3.36. The topological polar surface area (TPSA) is 36.1 Å². The highest BCUT2D eigenvalue weighted by atomic mass is 32.2. The van der Waals surface area contributed by atoms with Crippen LogP contribution in [0.25, 0.3) is 0 Å². The highest BCUT2D eigenvalue weighted by Crippen LogP contribution is 2.31. The number of rotatable bonds is 0. The second-order valence-corrected chi connectivity index (χ2v) is 3.91. The molecule has 64 valence electrons. The minimum Gasteiger partial charge on any atom is -0.230 e. The van der Waals surface area contributed by atoms with Gasteiger partial charge < -0.3 is 0 Å². The van der Waals surface area contributed by atoms with Crippen LogP contribution >= 0.6 is 11.8 Å². The summed E-state index contributed by atoms with van der Waals surface area (Å²) in [5, 5.41) is 9.25. The van der Waals surface area contributed by atoms with Gasteiger partial charge in [0, 0.05) is 5.75 Å². The van der Waals surface area contributed by atoms with Gasteiger partial charge in [0.05, 0.1) is 5.69 Å². The van der Waals surface area contributed by atoms with Crippen molar-refractivity contribution >= 4 is 22.5 Å². The molecule has 0 spiro atoms. The van der Waals surface area contributed by atoms with Crippen molar-refractivity contribution in [3.8, 4) is 6.07 Å². The summed E-state index contributed by atoms with van der Waals surface area (Å²) in [6, 6.07) is 8.25. The number of aliphatic imine (C=N–C) groups is 1. The molecular weight excluding hydrogens is 180 g/mol. The standard InChI is InChI=1S/C10H8N2S/c1-7-2-3-8-6-13-10(5-11)12-9(8)4-7/h2-4H,6H2,1H3. The Labute approximate surface area is 81.3 Å². The molecule has 0 radical (unpaired) electrons. The van der Waals surface area contributed by atoms with E-state index in [1.807, 2.05) is 13.0 Å². The second-order valence-electron chi connectivity index (χ2n) is 2.95. The van der Waals surface area contributed by atoms with E-state index >= 15 is 0 Å². The minimum absolute atomic E-state index is 0.568. The van der Waals surface area contributed by atoms with Crippen molar-refractivity contribution in [1.82, 2.24) is 0 Å². The Kier molecular flexibility index (Phi) is 2.07. The molecular formula is C10H8N2S. The van der Waals surface area contributed by atoms with Crippen molar-refractivity contribution in [2.45, 2.75) is 12.7 Å². The Morgan fingerprint density at radius 1 is 1.54 bits per heavy atom. The molecule has 13 heavy (non-hydrogen) atoms. The number of thioether (sulfide) groups is 1. The summed E-state index contributed by atoms with van der Waals surface area (Å²) in [5.74, 6) is 0.863. The molecule has 0 amide bonds. The van der Waals surface area contributed by atoms with Gasteiger partial charge in [-0.1, -0.05) is 23.9 Å². The largest absolute Gasteiger partial charge is 0.230 e. The van der Waals surface area contributed by atoms with E-state index in [4.69, 9.17) is 5.26 Å². The maximum atomic E-state index is 8.68. The zero-order valence-electron chi connectivity index (χ0n) is 7.24. The molecule has 2 nitrogen and oxygen atoms in total. The lowest BCUT2D eigenvalue weighted by atomic mass is 10.1. The normalized spacial score (nSPS) is 14.3.